The molecule has 10 heavy (non-hydrogen) atoms. The van der Waals surface area contributed by atoms with Gasteiger partial charge in [0.25, 0.3) is 0 Å². The van der Waals surface area contributed by atoms with Gasteiger partial charge in [-0.05, 0) is 5.92 Å². The van der Waals surface area contributed by atoms with E-state index in [2.05, 4.69) is 22.6 Å². The molecular formula is C6H10N2OS. The van der Waals surface area contributed by atoms with E-state index in [-0.39, 0.29) is 0 Å². The van der Waals surface area contributed by atoms with E-state index in [1.807, 2.05) is 0 Å². The zero-order chi connectivity index (χ0) is 7.40. The van der Waals surface area contributed by atoms with E-state index in [4.69, 9.17) is 4.74 Å². The van der Waals surface area contributed by atoms with Gasteiger partial charge in [-0.1, -0.05) is 13.8 Å². The second kappa shape index (κ2) is 3.51. The Bertz CT molecular complexity index is 174. The molecule has 0 bridgehead atoms. The molecule has 0 saturated heterocycles. The van der Waals surface area contributed by atoms with Crippen molar-refractivity contribution in [3.8, 4) is 5.88 Å². The van der Waals surface area contributed by atoms with Gasteiger partial charge < -0.3 is 4.74 Å². The van der Waals surface area contributed by atoms with Crippen LogP contribution in [0.1, 0.15) is 13.8 Å². The molecule has 0 atom stereocenters. The number of rotatable bonds is 3. The molecule has 56 valence electrons. The molecule has 0 aliphatic carbocycles. The van der Waals surface area contributed by atoms with Gasteiger partial charge in [-0.15, -0.1) is 4.37 Å². The van der Waals surface area contributed by atoms with Crippen LogP contribution in [0.15, 0.2) is 6.20 Å². The van der Waals surface area contributed by atoms with E-state index in [9.17, 15) is 0 Å². The lowest BCUT2D eigenvalue weighted by molar-refractivity contribution is 0.263. The third-order valence-corrected chi connectivity index (χ3v) is 1.37. The first-order chi connectivity index (χ1) is 4.79. The number of ether oxygens (including phenoxy) is 1. The van der Waals surface area contributed by atoms with E-state index < -0.39 is 0 Å². The van der Waals surface area contributed by atoms with Crippen molar-refractivity contribution in [3.05, 3.63) is 6.20 Å². The summed E-state index contributed by atoms with van der Waals surface area (Å²) < 4.78 is 12.9. The molecule has 0 aromatic carbocycles. The number of hydrogen-bond acceptors (Lipinski definition) is 4. The van der Waals surface area contributed by atoms with Gasteiger partial charge in [0, 0.05) is 0 Å². The molecule has 4 heteroatoms. The second-order valence-corrected chi connectivity index (χ2v) is 3.01. The molecule has 0 aliphatic heterocycles. The van der Waals surface area contributed by atoms with Gasteiger partial charge in [-0.2, -0.15) is 4.37 Å². The molecule has 1 aromatic heterocycles. The van der Waals surface area contributed by atoms with Crippen molar-refractivity contribution >= 4 is 11.7 Å². The first-order valence-electron chi connectivity index (χ1n) is 3.19. The third kappa shape index (κ3) is 2.31. The molecule has 3 nitrogen and oxygen atoms in total. The largest absolute Gasteiger partial charge is 0.476 e. The predicted molar refractivity (Wildman–Crippen MR) is 40.2 cm³/mol. The van der Waals surface area contributed by atoms with E-state index in [0.717, 1.165) is 0 Å². The van der Waals surface area contributed by atoms with Gasteiger partial charge in [0.1, 0.15) is 6.20 Å². The fraction of sp³-hybridized carbons (Fsp3) is 0.667. The lowest BCUT2D eigenvalue weighted by Gasteiger charge is -2.03. The first-order valence-corrected chi connectivity index (χ1v) is 3.92. The van der Waals surface area contributed by atoms with Crippen LogP contribution in [0.2, 0.25) is 0 Å². The molecule has 0 N–H and O–H groups in total. The Labute approximate surface area is 64.4 Å². The highest BCUT2D eigenvalue weighted by Gasteiger charge is 1.97. The van der Waals surface area contributed by atoms with E-state index in [1.54, 1.807) is 6.20 Å². The van der Waals surface area contributed by atoms with E-state index in [0.29, 0.717) is 18.4 Å². The quantitative estimate of drug-likeness (QED) is 0.669. The number of nitrogens with zero attached hydrogens (tertiary/aromatic N) is 2. The lowest BCUT2D eigenvalue weighted by atomic mass is 10.2. The average Bonchev–Trinajstić information content (AvgIpc) is 2.34. The van der Waals surface area contributed by atoms with Gasteiger partial charge in [-0.25, -0.2) is 0 Å². The van der Waals surface area contributed by atoms with Gasteiger partial charge in [-0.3, -0.25) is 0 Å². The highest BCUT2D eigenvalue weighted by atomic mass is 32.1. The molecular weight excluding hydrogens is 148 g/mol. The Balaban J connectivity index is 2.28. The van der Waals surface area contributed by atoms with Crippen LogP contribution >= 0.6 is 11.7 Å². The maximum Gasteiger partial charge on any atom is 0.245 e. The van der Waals surface area contributed by atoms with E-state index in [1.165, 1.54) is 11.7 Å². The van der Waals surface area contributed by atoms with Crippen LogP contribution in [0.3, 0.4) is 0 Å². The molecule has 0 spiro atoms. The normalized spacial score (nSPS) is 10.3. The van der Waals surface area contributed by atoms with Crippen molar-refractivity contribution in [3.63, 3.8) is 0 Å². The van der Waals surface area contributed by atoms with Crippen LogP contribution in [0.4, 0.5) is 0 Å². The van der Waals surface area contributed by atoms with Crippen molar-refractivity contribution in [2.24, 2.45) is 5.92 Å². The van der Waals surface area contributed by atoms with Crippen LogP contribution in [0, 0.1) is 5.92 Å². The minimum atomic E-state index is 0.543. The minimum Gasteiger partial charge on any atom is -0.476 e. The molecule has 1 rings (SSSR count). The maximum absolute atomic E-state index is 5.24. The van der Waals surface area contributed by atoms with Crippen molar-refractivity contribution in [2.45, 2.75) is 13.8 Å². The van der Waals surface area contributed by atoms with Gasteiger partial charge >= 0.3 is 0 Å². The Morgan fingerprint density at radius 1 is 1.70 bits per heavy atom. The average molecular weight is 158 g/mol. The molecule has 0 aliphatic rings. The molecule has 0 radical (unpaired) electrons. The lowest BCUT2D eigenvalue weighted by Crippen LogP contribution is -2.04. The molecule has 1 heterocycles. The summed E-state index contributed by atoms with van der Waals surface area (Å²) in [5, 5.41) is 0. The van der Waals surface area contributed by atoms with Crippen molar-refractivity contribution < 1.29 is 4.74 Å². The fourth-order valence-electron chi connectivity index (χ4n) is 0.472. The Morgan fingerprint density at radius 2 is 2.50 bits per heavy atom. The number of aromatic nitrogens is 2. The molecule has 0 saturated carbocycles. The summed E-state index contributed by atoms with van der Waals surface area (Å²) in [6.07, 6.45) is 1.63. The Hall–Kier alpha value is -0.640. The van der Waals surface area contributed by atoms with Crippen LogP contribution in [0.25, 0.3) is 0 Å². The van der Waals surface area contributed by atoms with Gasteiger partial charge in [0.2, 0.25) is 5.88 Å². The summed E-state index contributed by atoms with van der Waals surface area (Å²) in [5.74, 6) is 1.18. The van der Waals surface area contributed by atoms with Gasteiger partial charge in [0.15, 0.2) is 0 Å². The smallest absolute Gasteiger partial charge is 0.245 e. The molecule has 0 fully saturated rings. The van der Waals surface area contributed by atoms with Crippen LogP contribution in [-0.2, 0) is 0 Å². The predicted octanol–water partition coefficient (Wildman–Crippen LogP) is 1.57. The zero-order valence-corrected chi connectivity index (χ0v) is 6.89. The first kappa shape index (κ1) is 7.47. The number of hydrogen-bond donors (Lipinski definition) is 0. The highest BCUT2D eigenvalue weighted by molar-refractivity contribution is 6.99. The summed E-state index contributed by atoms with van der Waals surface area (Å²) in [5.41, 5.74) is 0. The monoisotopic (exact) mass is 158 g/mol. The molecule has 1 aromatic rings. The Morgan fingerprint density at radius 3 is 3.00 bits per heavy atom. The summed E-state index contributed by atoms with van der Waals surface area (Å²) >= 11 is 1.17. The highest BCUT2D eigenvalue weighted by Crippen LogP contribution is 2.06. The van der Waals surface area contributed by atoms with E-state index >= 15 is 0 Å². The van der Waals surface area contributed by atoms with Crippen LogP contribution in [-0.4, -0.2) is 15.4 Å². The van der Waals surface area contributed by atoms with Crippen molar-refractivity contribution in [1.82, 2.24) is 8.75 Å². The minimum absolute atomic E-state index is 0.543. The fourth-order valence-corrected chi connectivity index (χ4v) is 0.836. The SMILES string of the molecule is CC(C)COc1cnsn1. The van der Waals surface area contributed by atoms with Gasteiger partial charge in [0.05, 0.1) is 18.3 Å². The third-order valence-electron chi connectivity index (χ3n) is 0.906. The zero-order valence-electron chi connectivity index (χ0n) is 6.07. The summed E-state index contributed by atoms with van der Waals surface area (Å²) in [6.45, 7) is 4.91. The summed E-state index contributed by atoms with van der Waals surface area (Å²) in [7, 11) is 0. The molecule has 0 unspecified atom stereocenters. The standard InChI is InChI=1S/C6H10N2OS/c1-5(2)4-9-6-3-7-10-8-6/h3,5H,4H2,1-2H3. The summed E-state index contributed by atoms with van der Waals surface area (Å²) in [4.78, 5) is 0. The van der Waals surface area contributed by atoms with Crippen LogP contribution < -0.4 is 4.74 Å². The molecule has 0 amide bonds. The van der Waals surface area contributed by atoms with Crippen molar-refractivity contribution in [2.75, 3.05) is 6.61 Å². The summed E-state index contributed by atoms with van der Waals surface area (Å²) in [6, 6.07) is 0. The maximum atomic E-state index is 5.24. The topological polar surface area (TPSA) is 35.0 Å². The van der Waals surface area contributed by atoms with Crippen LogP contribution in [0.5, 0.6) is 5.88 Å². The second-order valence-electron chi connectivity index (χ2n) is 2.45. The van der Waals surface area contributed by atoms with Crippen molar-refractivity contribution in [1.29, 1.82) is 0 Å². The Kier molecular flexibility index (Phi) is 2.62.